The van der Waals surface area contributed by atoms with Crippen LogP contribution in [0.4, 0.5) is 17.1 Å². The molecule has 4 nitrogen and oxygen atoms in total. The lowest BCUT2D eigenvalue weighted by molar-refractivity contribution is -0.115. The molecule has 0 saturated carbocycles. The fraction of sp³-hybridized carbons (Fsp3) is 0.250. The van der Waals surface area contributed by atoms with Crippen LogP contribution >= 0.6 is 0 Å². The number of nitrogens with two attached hydrogens (primary N) is 1. The van der Waals surface area contributed by atoms with Gasteiger partial charge in [-0.2, -0.15) is 0 Å². The van der Waals surface area contributed by atoms with Gasteiger partial charge in [0.1, 0.15) is 0 Å². The van der Waals surface area contributed by atoms with Crippen molar-refractivity contribution < 1.29 is 4.79 Å². The van der Waals surface area contributed by atoms with Crippen LogP contribution in [0.2, 0.25) is 0 Å². The molecule has 1 heterocycles. The van der Waals surface area contributed by atoms with Crippen LogP contribution in [0.25, 0.3) is 0 Å². The zero-order valence-electron chi connectivity index (χ0n) is 9.21. The van der Waals surface area contributed by atoms with Crippen LogP contribution in [-0.4, -0.2) is 11.9 Å². The zero-order chi connectivity index (χ0) is 11.7. The van der Waals surface area contributed by atoms with Crippen LogP contribution in [-0.2, 0) is 11.2 Å². The smallest absolute Gasteiger partial charge is 0.228 e. The summed E-state index contributed by atoms with van der Waals surface area (Å²) in [5, 5.41) is 6.01. The first-order valence-corrected chi connectivity index (χ1v) is 5.21. The summed E-state index contributed by atoms with van der Waals surface area (Å²) in [7, 11) is 0. The molecule has 0 bridgehead atoms. The highest BCUT2D eigenvalue weighted by molar-refractivity contribution is 6.00. The first kappa shape index (κ1) is 10.5. The van der Waals surface area contributed by atoms with E-state index in [1.807, 2.05) is 19.1 Å². The highest BCUT2D eigenvalue weighted by Gasteiger charge is 2.19. The molecule has 0 spiro atoms. The summed E-state index contributed by atoms with van der Waals surface area (Å²) in [6, 6.07) is 3.85. The number of hydrogen-bond donors (Lipinski definition) is 3. The molecule has 84 valence electrons. The number of carbonyl (C=O) groups excluding carboxylic acids is 1. The van der Waals surface area contributed by atoms with Crippen molar-refractivity contribution in [1.82, 2.24) is 0 Å². The average molecular weight is 217 g/mol. The summed E-state index contributed by atoms with van der Waals surface area (Å²) >= 11 is 0. The molecular weight excluding hydrogens is 202 g/mol. The summed E-state index contributed by atoms with van der Waals surface area (Å²) in [5.41, 5.74) is 9.19. The van der Waals surface area contributed by atoms with Crippen LogP contribution in [0, 0.1) is 0 Å². The van der Waals surface area contributed by atoms with Crippen molar-refractivity contribution in [1.29, 1.82) is 0 Å². The standard InChI is InChI=1S/C12H15N3O/c1-3-7(2)14-11-6-10-8(4-9(11)13)5-12(16)15-10/h3-4,6-7,14H,1,5,13H2,2H3,(H,15,16). The van der Waals surface area contributed by atoms with E-state index in [1.165, 1.54) is 0 Å². The van der Waals surface area contributed by atoms with Crippen molar-refractivity contribution in [2.24, 2.45) is 0 Å². The largest absolute Gasteiger partial charge is 0.397 e. The van der Waals surface area contributed by atoms with Crippen molar-refractivity contribution in [3.8, 4) is 0 Å². The molecule has 1 aliphatic heterocycles. The summed E-state index contributed by atoms with van der Waals surface area (Å²) in [5.74, 6) is 0.0170. The van der Waals surface area contributed by atoms with Crippen LogP contribution < -0.4 is 16.4 Å². The van der Waals surface area contributed by atoms with Gasteiger partial charge in [-0.15, -0.1) is 6.58 Å². The Morgan fingerprint density at radius 2 is 2.38 bits per heavy atom. The highest BCUT2D eigenvalue weighted by atomic mass is 16.1. The summed E-state index contributed by atoms with van der Waals surface area (Å²) < 4.78 is 0. The van der Waals surface area contributed by atoms with Gasteiger partial charge in [-0.3, -0.25) is 4.79 Å². The normalized spacial score (nSPS) is 15.2. The molecule has 1 aliphatic rings. The molecule has 0 saturated heterocycles. The third kappa shape index (κ3) is 1.86. The summed E-state index contributed by atoms with van der Waals surface area (Å²) in [6.07, 6.45) is 2.21. The molecule has 1 atom stereocenters. The fourth-order valence-corrected chi connectivity index (χ4v) is 1.72. The van der Waals surface area contributed by atoms with E-state index in [-0.39, 0.29) is 11.9 Å². The Morgan fingerprint density at radius 3 is 3.06 bits per heavy atom. The topological polar surface area (TPSA) is 67.1 Å². The van der Waals surface area contributed by atoms with E-state index in [1.54, 1.807) is 6.08 Å². The van der Waals surface area contributed by atoms with E-state index in [0.29, 0.717) is 12.1 Å². The number of benzene rings is 1. The molecule has 1 aromatic rings. The van der Waals surface area contributed by atoms with E-state index < -0.39 is 0 Å². The van der Waals surface area contributed by atoms with Crippen LogP contribution in [0.3, 0.4) is 0 Å². The molecule has 1 aromatic carbocycles. The van der Waals surface area contributed by atoms with Gasteiger partial charge < -0.3 is 16.4 Å². The van der Waals surface area contributed by atoms with Crippen LogP contribution in [0.15, 0.2) is 24.8 Å². The van der Waals surface area contributed by atoms with E-state index in [0.717, 1.165) is 16.9 Å². The van der Waals surface area contributed by atoms with Gasteiger partial charge in [-0.25, -0.2) is 0 Å². The molecule has 1 unspecified atom stereocenters. The fourth-order valence-electron chi connectivity index (χ4n) is 1.72. The van der Waals surface area contributed by atoms with Gasteiger partial charge in [0, 0.05) is 11.7 Å². The van der Waals surface area contributed by atoms with Gasteiger partial charge in [0.25, 0.3) is 0 Å². The van der Waals surface area contributed by atoms with Crippen molar-refractivity contribution in [3.63, 3.8) is 0 Å². The van der Waals surface area contributed by atoms with Crippen LogP contribution in [0.1, 0.15) is 12.5 Å². The van der Waals surface area contributed by atoms with E-state index in [2.05, 4.69) is 17.2 Å². The molecule has 1 amide bonds. The highest BCUT2D eigenvalue weighted by Crippen LogP contribution is 2.31. The van der Waals surface area contributed by atoms with Gasteiger partial charge in [-0.1, -0.05) is 6.08 Å². The molecule has 4 N–H and O–H groups in total. The van der Waals surface area contributed by atoms with Gasteiger partial charge >= 0.3 is 0 Å². The van der Waals surface area contributed by atoms with E-state index in [4.69, 9.17) is 5.73 Å². The molecular formula is C12H15N3O. The lowest BCUT2D eigenvalue weighted by atomic mass is 10.1. The second kappa shape index (κ2) is 3.89. The summed E-state index contributed by atoms with van der Waals surface area (Å²) in [6.45, 7) is 5.68. The second-order valence-electron chi connectivity index (χ2n) is 3.99. The average Bonchev–Trinajstić information content (AvgIpc) is 2.58. The third-order valence-corrected chi connectivity index (χ3v) is 2.64. The minimum absolute atomic E-state index is 0.0170. The Kier molecular flexibility index (Phi) is 2.56. The number of hydrogen-bond acceptors (Lipinski definition) is 3. The van der Waals surface area contributed by atoms with E-state index in [9.17, 15) is 4.79 Å². The van der Waals surface area contributed by atoms with Crippen molar-refractivity contribution in [2.75, 3.05) is 16.4 Å². The van der Waals surface area contributed by atoms with Gasteiger partial charge in [0.2, 0.25) is 5.91 Å². The molecule has 4 heteroatoms. The lowest BCUT2D eigenvalue weighted by Gasteiger charge is -2.14. The van der Waals surface area contributed by atoms with Crippen molar-refractivity contribution in [2.45, 2.75) is 19.4 Å². The number of anilines is 3. The quantitative estimate of drug-likeness (QED) is 0.533. The molecule has 0 aromatic heterocycles. The Balaban J connectivity index is 2.31. The Hall–Kier alpha value is -1.97. The number of rotatable bonds is 3. The van der Waals surface area contributed by atoms with Gasteiger partial charge in [0.15, 0.2) is 0 Å². The first-order chi connectivity index (χ1) is 7.60. The van der Waals surface area contributed by atoms with Crippen molar-refractivity contribution >= 4 is 23.0 Å². The number of amides is 1. The maximum Gasteiger partial charge on any atom is 0.228 e. The Bertz CT molecular complexity index is 454. The van der Waals surface area contributed by atoms with E-state index >= 15 is 0 Å². The molecule has 2 rings (SSSR count). The van der Waals surface area contributed by atoms with Gasteiger partial charge in [0.05, 0.1) is 17.8 Å². The minimum atomic E-state index is 0.0170. The maximum atomic E-state index is 11.2. The van der Waals surface area contributed by atoms with Gasteiger partial charge in [-0.05, 0) is 24.6 Å². The SMILES string of the molecule is C=CC(C)Nc1cc2c(cc1N)CC(=O)N2. The molecule has 0 fully saturated rings. The van der Waals surface area contributed by atoms with Crippen molar-refractivity contribution in [3.05, 3.63) is 30.4 Å². The summed E-state index contributed by atoms with van der Waals surface area (Å²) in [4.78, 5) is 11.2. The number of nitrogens with one attached hydrogen (secondary N) is 2. The molecule has 0 aliphatic carbocycles. The predicted octanol–water partition coefficient (Wildman–Crippen LogP) is 1.75. The first-order valence-electron chi connectivity index (χ1n) is 5.21. The zero-order valence-corrected chi connectivity index (χ0v) is 9.21. The second-order valence-corrected chi connectivity index (χ2v) is 3.99. The number of fused-ring (bicyclic) bond motifs is 1. The van der Waals surface area contributed by atoms with Crippen LogP contribution in [0.5, 0.6) is 0 Å². The lowest BCUT2D eigenvalue weighted by Crippen LogP contribution is -2.13. The molecule has 0 radical (unpaired) electrons. The Labute approximate surface area is 94.5 Å². The molecule has 16 heavy (non-hydrogen) atoms. The minimum Gasteiger partial charge on any atom is -0.397 e. The number of carbonyl (C=O) groups is 1. The number of nitrogen functional groups attached to an aromatic ring is 1. The Morgan fingerprint density at radius 1 is 1.62 bits per heavy atom. The third-order valence-electron chi connectivity index (χ3n) is 2.64. The predicted molar refractivity (Wildman–Crippen MR) is 66.5 cm³/mol. The maximum absolute atomic E-state index is 11.2. The monoisotopic (exact) mass is 217 g/mol.